The average molecular weight is 271 g/mol. The fourth-order valence-electron chi connectivity index (χ4n) is 1.87. The molecule has 0 spiro atoms. The van der Waals surface area contributed by atoms with Gasteiger partial charge in [-0.15, -0.1) is 0 Å². The van der Waals surface area contributed by atoms with Crippen molar-refractivity contribution in [3.63, 3.8) is 0 Å². The van der Waals surface area contributed by atoms with E-state index in [4.69, 9.17) is 16.6 Å². The SMILES string of the molecule is O=c1[nH]c(=S)[nH]nc1-c1ccccc1-c1ccco1. The molecule has 0 saturated carbocycles. The summed E-state index contributed by atoms with van der Waals surface area (Å²) in [6.07, 6.45) is 1.59. The van der Waals surface area contributed by atoms with Crippen molar-refractivity contribution in [3.05, 3.63) is 57.8 Å². The van der Waals surface area contributed by atoms with Crippen molar-refractivity contribution >= 4 is 12.2 Å². The Balaban J connectivity index is 2.26. The highest BCUT2D eigenvalue weighted by molar-refractivity contribution is 7.71. The van der Waals surface area contributed by atoms with E-state index in [-0.39, 0.29) is 16.0 Å². The van der Waals surface area contributed by atoms with Crippen molar-refractivity contribution in [2.75, 3.05) is 0 Å². The van der Waals surface area contributed by atoms with Crippen LogP contribution in [0.25, 0.3) is 22.6 Å². The molecule has 0 unspecified atom stereocenters. The van der Waals surface area contributed by atoms with Crippen molar-refractivity contribution in [1.29, 1.82) is 0 Å². The number of nitrogens with zero attached hydrogens (tertiary/aromatic N) is 1. The molecule has 0 radical (unpaired) electrons. The normalized spacial score (nSPS) is 10.5. The molecule has 0 fully saturated rings. The van der Waals surface area contributed by atoms with Crippen molar-refractivity contribution in [2.24, 2.45) is 0 Å². The number of nitrogens with one attached hydrogen (secondary N) is 2. The van der Waals surface area contributed by atoms with Crippen LogP contribution in [0.5, 0.6) is 0 Å². The summed E-state index contributed by atoms with van der Waals surface area (Å²) in [5.41, 5.74) is 1.43. The maximum absolute atomic E-state index is 11.9. The Morgan fingerprint density at radius 1 is 1.11 bits per heavy atom. The second-order valence-corrected chi connectivity index (χ2v) is 4.29. The van der Waals surface area contributed by atoms with Gasteiger partial charge >= 0.3 is 0 Å². The summed E-state index contributed by atoms with van der Waals surface area (Å²) in [5, 5.41) is 6.59. The largest absolute Gasteiger partial charge is 0.464 e. The van der Waals surface area contributed by atoms with Gasteiger partial charge in [-0.1, -0.05) is 24.3 Å². The van der Waals surface area contributed by atoms with Crippen LogP contribution in [0.4, 0.5) is 0 Å². The van der Waals surface area contributed by atoms with Crippen molar-refractivity contribution < 1.29 is 4.42 Å². The van der Waals surface area contributed by atoms with Crippen molar-refractivity contribution in [2.45, 2.75) is 0 Å². The van der Waals surface area contributed by atoms with Crippen LogP contribution < -0.4 is 5.56 Å². The predicted octanol–water partition coefficient (Wildman–Crippen LogP) is 2.75. The lowest BCUT2D eigenvalue weighted by Gasteiger charge is -2.05. The quantitative estimate of drug-likeness (QED) is 0.703. The van der Waals surface area contributed by atoms with Gasteiger partial charge in [0.15, 0.2) is 10.5 Å². The Morgan fingerprint density at radius 3 is 2.58 bits per heavy atom. The third-order valence-corrected chi connectivity index (χ3v) is 2.87. The van der Waals surface area contributed by atoms with E-state index < -0.39 is 0 Å². The molecule has 3 rings (SSSR count). The van der Waals surface area contributed by atoms with Gasteiger partial charge in [0.25, 0.3) is 5.56 Å². The highest BCUT2D eigenvalue weighted by Crippen LogP contribution is 2.29. The van der Waals surface area contributed by atoms with Crippen LogP contribution in [0.1, 0.15) is 0 Å². The maximum atomic E-state index is 11.9. The first kappa shape index (κ1) is 11.6. The zero-order valence-electron chi connectivity index (χ0n) is 9.71. The number of hydrogen-bond donors (Lipinski definition) is 2. The molecule has 0 atom stereocenters. The summed E-state index contributed by atoms with van der Waals surface area (Å²) in [7, 11) is 0. The van der Waals surface area contributed by atoms with E-state index in [0.717, 1.165) is 5.56 Å². The zero-order valence-corrected chi connectivity index (χ0v) is 10.5. The summed E-state index contributed by atoms with van der Waals surface area (Å²) in [6, 6.07) is 11.0. The summed E-state index contributed by atoms with van der Waals surface area (Å²) in [5.74, 6) is 0.680. The minimum absolute atomic E-state index is 0.198. The molecule has 2 heterocycles. The minimum atomic E-state index is -0.331. The monoisotopic (exact) mass is 271 g/mol. The fourth-order valence-corrected chi connectivity index (χ4v) is 2.00. The van der Waals surface area contributed by atoms with E-state index >= 15 is 0 Å². The highest BCUT2D eigenvalue weighted by atomic mass is 32.1. The molecule has 3 aromatic rings. The van der Waals surface area contributed by atoms with Gasteiger partial charge < -0.3 is 4.42 Å². The van der Waals surface area contributed by atoms with E-state index in [1.54, 1.807) is 12.3 Å². The van der Waals surface area contributed by atoms with Crippen LogP contribution in [-0.2, 0) is 0 Å². The number of hydrogen-bond acceptors (Lipinski definition) is 4. The third kappa shape index (κ3) is 2.13. The van der Waals surface area contributed by atoms with Gasteiger partial charge in [-0.05, 0) is 24.4 Å². The van der Waals surface area contributed by atoms with Gasteiger partial charge in [-0.25, -0.2) is 0 Å². The second-order valence-electron chi connectivity index (χ2n) is 3.88. The zero-order chi connectivity index (χ0) is 13.2. The minimum Gasteiger partial charge on any atom is -0.464 e. The molecular formula is C13H9N3O2S. The Kier molecular flexibility index (Phi) is 2.85. The number of aromatic amines is 2. The molecule has 0 aliphatic rings. The summed E-state index contributed by atoms with van der Waals surface area (Å²) in [4.78, 5) is 14.4. The maximum Gasteiger partial charge on any atom is 0.278 e. The molecule has 2 N–H and O–H groups in total. The molecule has 5 nitrogen and oxygen atoms in total. The van der Waals surface area contributed by atoms with Crippen LogP contribution >= 0.6 is 12.2 Å². The summed E-state index contributed by atoms with van der Waals surface area (Å²) >= 11 is 4.83. The van der Waals surface area contributed by atoms with Crippen LogP contribution in [0.15, 0.2) is 51.9 Å². The molecule has 1 aromatic carbocycles. The van der Waals surface area contributed by atoms with Crippen LogP contribution in [0.3, 0.4) is 0 Å². The van der Waals surface area contributed by atoms with Crippen LogP contribution in [0, 0.1) is 4.77 Å². The Bertz CT molecular complexity index is 818. The number of furan rings is 1. The molecule has 19 heavy (non-hydrogen) atoms. The lowest BCUT2D eigenvalue weighted by Crippen LogP contribution is -2.13. The molecule has 0 aliphatic heterocycles. The standard InChI is InChI=1S/C13H9N3O2S/c17-12-11(15-16-13(19)14-12)9-5-2-1-4-8(9)10-6-3-7-18-10/h1-7H,(H2,14,16,17,19). The molecule has 6 heteroatoms. The Hall–Kier alpha value is -2.47. The smallest absolute Gasteiger partial charge is 0.278 e. The molecule has 94 valence electrons. The lowest BCUT2D eigenvalue weighted by atomic mass is 10.0. The van der Waals surface area contributed by atoms with Gasteiger partial charge in [0, 0.05) is 11.1 Å². The van der Waals surface area contributed by atoms with E-state index in [9.17, 15) is 4.79 Å². The Labute approximate surface area is 112 Å². The van der Waals surface area contributed by atoms with Crippen molar-refractivity contribution in [3.8, 4) is 22.6 Å². The highest BCUT2D eigenvalue weighted by Gasteiger charge is 2.13. The second kappa shape index (κ2) is 4.66. The number of benzene rings is 1. The first-order valence-corrected chi connectivity index (χ1v) is 5.99. The number of aromatic nitrogens is 3. The van der Waals surface area contributed by atoms with Crippen LogP contribution in [0.2, 0.25) is 0 Å². The molecule has 0 saturated heterocycles. The van der Waals surface area contributed by atoms with Gasteiger partial charge in [0.2, 0.25) is 0 Å². The van der Waals surface area contributed by atoms with E-state index in [1.165, 1.54) is 0 Å². The van der Waals surface area contributed by atoms with Gasteiger partial charge in [0.1, 0.15) is 5.76 Å². The van der Waals surface area contributed by atoms with E-state index in [2.05, 4.69) is 15.2 Å². The van der Waals surface area contributed by atoms with E-state index in [1.807, 2.05) is 30.3 Å². The topological polar surface area (TPSA) is 74.7 Å². The molecule has 0 bridgehead atoms. The lowest BCUT2D eigenvalue weighted by molar-refractivity contribution is 0.582. The average Bonchev–Trinajstić information content (AvgIpc) is 2.93. The van der Waals surface area contributed by atoms with Crippen molar-refractivity contribution in [1.82, 2.24) is 15.2 Å². The van der Waals surface area contributed by atoms with Gasteiger partial charge in [-0.3, -0.25) is 14.9 Å². The van der Waals surface area contributed by atoms with Gasteiger partial charge in [0.05, 0.1) is 6.26 Å². The number of H-pyrrole nitrogens is 2. The third-order valence-electron chi connectivity index (χ3n) is 2.68. The molecular weight excluding hydrogens is 262 g/mol. The summed E-state index contributed by atoms with van der Waals surface area (Å²) < 4.78 is 5.57. The number of rotatable bonds is 2. The summed E-state index contributed by atoms with van der Waals surface area (Å²) in [6.45, 7) is 0. The van der Waals surface area contributed by atoms with Gasteiger partial charge in [-0.2, -0.15) is 5.10 Å². The van der Waals surface area contributed by atoms with Crippen LogP contribution in [-0.4, -0.2) is 15.2 Å². The molecule has 0 amide bonds. The fraction of sp³-hybridized carbons (Fsp3) is 0. The van der Waals surface area contributed by atoms with E-state index in [0.29, 0.717) is 11.3 Å². The molecule has 0 aliphatic carbocycles. The Morgan fingerprint density at radius 2 is 1.89 bits per heavy atom. The predicted molar refractivity (Wildman–Crippen MR) is 73.2 cm³/mol. The first-order chi connectivity index (χ1) is 9.25. The first-order valence-electron chi connectivity index (χ1n) is 5.58. The molecule has 2 aromatic heterocycles.